The van der Waals surface area contributed by atoms with E-state index in [4.69, 9.17) is 23.9 Å². The molecule has 2 aromatic heterocycles. The maximum absolute atomic E-state index is 13.2. The number of nitrogens with zero attached hydrogens (tertiary/aromatic N) is 3. The highest BCUT2D eigenvalue weighted by molar-refractivity contribution is 6.07. The van der Waals surface area contributed by atoms with Crippen molar-refractivity contribution < 1.29 is 28.5 Å². The summed E-state index contributed by atoms with van der Waals surface area (Å²) in [6.07, 6.45) is 1.34. The fraction of sp³-hybridized carbons (Fsp3) is 0.231. The minimum absolute atomic E-state index is 0.0882. The number of carbonyl (C=O) groups excluding carboxylic acids is 2. The van der Waals surface area contributed by atoms with Gasteiger partial charge >= 0.3 is 5.97 Å². The number of aromatic nitrogens is 3. The number of hydrogen-bond acceptors (Lipinski definition) is 8. The number of nitrogens with one attached hydrogen (secondary N) is 1. The Morgan fingerprint density at radius 3 is 2.42 bits per heavy atom. The van der Waals surface area contributed by atoms with Gasteiger partial charge < -0.3 is 24.3 Å². The SMILES string of the molecule is CCOC(=O)c1cnn(-c2cc(C)c3cccc(OC)c3n2)c1NC(=O)c1ccc(OC)c(OC)c1. The van der Waals surface area contributed by atoms with Gasteiger partial charge in [-0.25, -0.2) is 9.78 Å². The van der Waals surface area contributed by atoms with Crippen LogP contribution in [-0.4, -0.2) is 54.6 Å². The van der Waals surface area contributed by atoms with Crippen LogP contribution in [0.25, 0.3) is 16.7 Å². The number of ether oxygens (including phenoxy) is 4. The van der Waals surface area contributed by atoms with E-state index >= 15 is 0 Å². The minimum Gasteiger partial charge on any atom is -0.494 e. The fourth-order valence-electron chi connectivity index (χ4n) is 3.81. The van der Waals surface area contributed by atoms with Crippen molar-refractivity contribution in [1.29, 1.82) is 0 Å². The Balaban J connectivity index is 1.82. The van der Waals surface area contributed by atoms with E-state index in [0.717, 1.165) is 10.9 Å². The number of hydrogen-bond donors (Lipinski definition) is 1. The van der Waals surface area contributed by atoms with Crippen LogP contribution in [0, 0.1) is 6.92 Å². The summed E-state index contributed by atoms with van der Waals surface area (Å²) < 4.78 is 22.6. The third-order valence-electron chi connectivity index (χ3n) is 5.57. The van der Waals surface area contributed by atoms with E-state index in [2.05, 4.69) is 10.4 Å². The van der Waals surface area contributed by atoms with Gasteiger partial charge in [0.1, 0.15) is 16.8 Å². The van der Waals surface area contributed by atoms with Crippen molar-refractivity contribution in [2.45, 2.75) is 13.8 Å². The Morgan fingerprint density at radius 1 is 0.972 bits per heavy atom. The molecule has 36 heavy (non-hydrogen) atoms. The largest absolute Gasteiger partial charge is 0.494 e. The molecule has 10 nitrogen and oxygen atoms in total. The van der Waals surface area contributed by atoms with Crippen LogP contribution in [0.5, 0.6) is 17.2 Å². The Morgan fingerprint density at radius 2 is 1.72 bits per heavy atom. The molecule has 0 aliphatic carbocycles. The number of esters is 1. The Labute approximate surface area is 207 Å². The van der Waals surface area contributed by atoms with Crippen LogP contribution in [-0.2, 0) is 4.74 Å². The van der Waals surface area contributed by atoms with Gasteiger partial charge in [-0.2, -0.15) is 9.78 Å². The summed E-state index contributed by atoms with van der Waals surface area (Å²) in [5.41, 5.74) is 1.92. The van der Waals surface area contributed by atoms with Gasteiger partial charge in [-0.15, -0.1) is 0 Å². The van der Waals surface area contributed by atoms with Crippen LogP contribution in [0.4, 0.5) is 5.82 Å². The first-order chi connectivity index (χ1) is 17.4. The molecule has 0 radical (unpaired) electrons. The molecule has 0 aliphatic heterocycles. The third kappa shape index (κ3) is 4.52. The average molecular weight is 491 g/mol. The number of amides is 1. The summed E-state index contributed by atoms with van der Waals surface area (Å²) in [5.74, 6) is 0.863. The highest BCUT2D eigenvalue weighted by atomic mass is 16.5. The van der Waals surface area contributed by atoms with E-state index in [1.807, 2.05) is 31.2 Å². The molecule has 186 valence electrons. The van der Waals surface area contributed by atoms with Crippen molar-refractivity contribution in [1.82, 2.24) is 14.8 Å². The topological polar surface area (TPSA) is 114 Å². The van der Waals surface area contributed by atoms with Crippen molar-refractivity contribution in [2.24, 2.45) is 0 Å². The standard InChI is InChI=1S/C26H26N4O6/c1-6-36-26(32)18-14-27-30(22-12-15(2)17-8-7-9-20(34-4)23(17)28-22)24(18)29-25(31)16-10-11-19(33-3)21(13-16)35-5/h7-14H,6H2,1-5H3,(H,29,31). The zero-order chi connectivity index (χ0) is 25.8. The number of benzene rings is 2. The molecule has 0 unspecified atom stereocenters. The molecule has 0 aliphatic rings. The predicted octanol–water partition coefficient (Wildman–Crippen LogP) is 4.18. The quantitative estimate of drug-likeness (QED) is 0.366. The molecule has 2 aromatic carbocycles. The molecule has 0 saturated carbocycles. The van der Waals surface area contributed by atoms with Crippen molar-refractivity contribution >= 4 is 28.6 Å². The number of aryl methyl sites for hydroxylation is 1. The summed E-state index contributed by atoms with van der Waals surface area (Å²) in [5, 5.41) is 8.05. The monoisotopic (exact) mass is 490 g/mol. The smallest absolute Gasteiger partial charge is 0.343 e. The van der Waals surface area contributed by atoms with Gasteiger partial charge in [-0.05, 0) is 49.7 Å². The summed E-state index contributed by atoms with van der Waals surface area (Å²) in [6.45, 7) is 3.80. The van der Waals surface area contributed by atoms with Crippen LogP contribution in [0.15, 0.2) is 48.7 Å². The molecule has 0 atom stereocenters. The lowest BCUT2D eigenvalue weighted by Gasteiger charge is -2.14. The first-order valence-corrected chi connectivity index (χ1v) is 11.1. The highest BCUT2D eigenvalue weighted by Crippen LogP contribution is 2.31. The van der Waals surface area contributed by atoms with Crippen LogP contribution in [0.1, 0.15) is 33.2 Å². The van der Waals surface area contributed by atoms with Gasteiger partial charge in [0.15, 0.2) is 23.1 Å². The molecule has 0 bridgehead atoms. The zero-order valence-corrected chi connectivity index (χ0v) is 20.6. The predicted molar refractivity (Wildman–Crippen MR) is 134 cm³/mol. The molecule has 4 rings (SSSR count). The normalized spacial score (nSPS) is 10.7. The molecule has 0 saturated heterocycles. The first kappa shape index (κ1) is 24.5. The van der Waals surface area contributed by atoms with Crippen molar-refractivity contribution in [3.05, 3.63) is 65.4 Å². The van der Waals surface area contributed by atoms with Gasteiger partial charge in [0.25, 0.3) is 5.91 Å². The Bertz CT molecular complexity index is 1450. The van der Waals surface area contributed by atoms with Gasteiger partial charge in [0, 0.05) is 10.9 Å². The Hall–Kier alpha value is -4.60. The molecule has 0 spiro atoms. The molecule has 4 aromatic rings. The maximum atomic E-state index is 13.2. The molecule has 2 heterocycles. The van der Waals surface area contributed by atoms with Crippen LogP contribution in [0.3, 0.4) is 0 Å². The van der Waals surface area contributed by atoms with Gasteiger partial charge in [0.2, 0.25) is 0 Å². The number of rotatable bonds is 8. The molecule has 1 N–H and O–H groups in total. The van der Waals surface area contributed by atoms with Gasteiger partial charge in [-0.1, -0.05) is 12.1 Å². The van der Waals surface area contributed by atoms with E-state index in [-0.39, 0.29) is 18.0 Å². The van der Waals surface area contributed by atoms with E-state index in [1.165, 1.54) is 25.1 Å². The maximum Gasteiger partial charge on any atom is 0.343 e. The van der Waals surface area contributed by atoms with E-state index in [9.17, 15) is 9.59 Å². The van der Waals surface area contributed by atoms with Crippen LogP contribution in [0.2, 0.25) is 0 Å². The molecule has 0 fully saturated rings. The van der Waals surface area contributed by atoms with Gasteiger partial charge in [-0.3, -0.25) is 4.79 Å². The summed E-state index contributed by atoms with van der Waals surface area (Å²) in [7, 11) is 4.56. The first-order valence-electron chi connectivity index (χ1n) is 11.1. The highest BCUT2D eigenvalue weighted by Gasteiger charge is 2.24. The summed E-state index contributed by atoms with van der Waals surface area (Å²) in [4.78, 5) is 30.6. The summed E-state index contributed by atoms with van der Waals surface area (Å²) in [6, 6.07) is 12.2. The number of para-hydroxylation sites is 1. The second kappa shape index (κ2) is 10.3. The number of methoxy groups -OCH3 is 3. The van der Waals surface area contributed by atoms with E-state index in [0.29, 0.717) is 34.1 Å². The lowest BCUT2D eigenvalue weighted by atomic mass is 10.1. The third-order valence-corrected chi connectivity index (χ3v) is 5.57. The molecule has 1 amide bonds. The second-order valence-corrected chi connectivity index (χ2v) is 7.72. The van der Waals surface area contributed by atoms with E-state index < -0.39 is 11.9 Å². The minimum atomic E-state index is -0.624. The van der Waals surface area contributed by atoms with Crippen molar-refractivity contribution in [2.75, 3.05) is 33.3 Å². The molecular weight excluding hydrogens is 464 g/mol. The average Bonchev–Trinajstić information content (AvgIpc) is 3.31. The number of anilines is 1. The lowest BCUT2D eigenvalue weighted by molar-refractivity contribution is 0.0527. The lowest BCUT2D eigenvalue weighted by Crippen LogP contribution is -2.18. The van der Waals surface area contributed by atoms with Gasteiger partial charge in [0.05, 0.1) is 34.1 Å². The zero-order valence-electron chi connectivity index (χ0n) is 20.6. The van der Waals surface area contributed by atoms with Crippen LogP contribution >= 0.6 is 0 Å². The second-order valence-electron chi connectivity index (χ2n) is 7.72. The molecule has 10 heteroatoms. The fourth-order valence-corrected chi connectivity index (χ4v) is 3.81. The molecular formula is C26H26N4O6. The number of pyridine rings is 1. The van der Waals surface area contributed by atoms with Crippen molar-refractivity contribution in [3.63, 3.8) is 0 Å². The Kier molecular flexibility index (Phi) is 7.05. The summed E-state index contributed by atoms with van der Waals surface area (Å²) >= 11 is 0. The van der Waals surface area contributed by atoms with Crippen LogP contribution < -0.4 is 19.5 Å². The number of carbonyl (C=O) groups is 2. The van der Waals surface area contributed by atoms with Crippen molar-refractivity contribution in [3.8, 4) is 23.1 Å². The number of fused-ring (bicyclic) bond motifs is 1. The van der Waals surface area contributed by atoms with E-state index in [1.54, 1.807) is 32.2 Å².